The van der Waals surface area contributed by atoms with Gasteiger partial charge in [0.2, 0.25) is 0 Å². The van der Waals surface area contributed by atoms with Crippen LogP contribution < -0.4 is 0 Å². The van der Waals surface area contributed by atoms with Crippen LogP contribution in [-0.4, -0.2) is 27.4 Å². The molecule has 33 rings (SSSR count). The molecular formula is C138H84N6S3. The van der Waals surface area contributed by atoms with E-state index in [9.17, 15) is 0 Å². The maximum Gasteiger partial charge on any atom is 0.0619 e. The first-order valence-electron chi connectivity index (χ1n) is 50.3. The van der Waals surface area contributed by atoms with Gasteiger partial charge in [0.15, 0.2) is 0 Å². The van der Waals surface area contributed by atoms with Crippen molar-refractivity contribution in [1.82, 2.24) is 27.4 Å². The van der Waals surface area contributed by atoms with Crippen LogP contribution >= 0.6 is 34.0 Å². The molecule has 0 bridgehead atoms. The highest BCUT2D eigenvalue weighted by Gasteiger charge is 2.27. The van der Waals surface area contributed by atoms with Crippen molar-refractivity contribution in [2.45, 2.75) is 0 Å². The normalized spacial score (nSPS) is 12.1. The molecule has 6 nitrogen and oxygen atoms in total. The van der Waals surface area contributed by atoms with E-state index < -0.39 is 0 Å². The summed E-state index contributed by atoms with van der Waals surface area (Å²) >= 11 is 5.65. The van der Waals surface area contributed by atoms with Gasteiger partial charge >= 0.3 is 0 Å². The minimum Gasteiger partial charge on any atom is -0.309 e. The van der Waals surface area contributed by atoms with Gasteiger partial charge in [0.05, 0.1) is 66.2 Å². The second kappa shape index (κ2) is 33.1. The van der Waals surface area contributed by atoms with Crippen LogP contribution in [-0.2, 0) is 0 Å². The predicted molar refractivity (Wildman–Crippen MR) is 633 cm³/mol. The van der Waals surface area contributed by atoms with E-state index in [0.717, 1.165) is 17.1 Å². The van der Waals surface area contributed by atoms with Crippen LogP contribution in [0, 0.1) is 0 Å². The molecule has 0 aliphatic heterocycles. The summed E-state index contributed by atoms with van der Waals surface area (Å²) in [6, 6.07) is 187. The maximum atomic E-state index is 2.49. The summed E-state index contributed by atoms with van der Waals surface area (Å²) in [6.45, 7) is 0. The van der Waals surface area contributed by atoms with Gasteiger partial charge in [0, 0.05) is 165 Å². The first-order valence-corrected chi connectivity index (χ1v) is 52.8. The molecule has 9 heterocycles. The number of para-hydroxylation sites is 6. The van der Waals surface area contributed by atoms with Gasteiger partial charge in [-0.3, -0.25) is 0 Å². The lowest BCUT2D eigenvalue weighted by atomic mass is 10.0. The molecule has 0 aliphatic carbocycles. The molecule has 24 aromatic carbocycles. The van der Waals surface area contributed by atoms with Gasteiger partial charge in [-0.25, -0.2) is 0 Å². The zero-order valence-electron chi connectivity index (χ0n) is 79.4. The zero-order chi connectivity index (χ0) is 96.2. The number of benzene rings is 24. The smallest absolute Gasteiger partial charge is 0.0619 e. The summed E-state index contributed by atoms with van der Waals surface area (Å²) in [7, 11) is 0. The number of rotatable bonds is 9. The summed E-state index contributed by atoms with van der Waals surface area (Å²) in [5, 5.41) is 30.8. The van der Waals surface area contributed by atoms with E-state index >= 15 is 0 Å². The van der Waals surface area contributed by atoms with Crippen molar-refractivity contribution < 1.29 is 0 Å². The van der Waals surface area contributed by atoms with E-state index in [-0.39, 0.29) is 0 Å². The molecule has 0 amide bonds. The summed E-state index contributed by atoms with van der Waals surface area (Å²) in [5.74, 6) is 0. The molecule has 33 aromatic rings. The molecule has 147 heavy (non-hydrogen) atoms. The largest absolute Gasteiger partial charge is 0.309 e. The van der Waals surface area contributed by atoms with E-state index in [0.29, 0.717) is 0 Å². The van der Waals surface area contributed by atoms with Crippen molar-refractivity contribution in [2.24, 2.45) is 0 Å². The van der Waals surface area contributed by atoms with Crippen molar-refractivity contribution >= 4 is 258 Å². The van der Waals surface area contributed by atoms with E-state index in [2.05, 4.69) is 537 Å². The third kappa shape index (κ3) is 12.9. The average Bonchev–Trinajstić information content (AvgIpc) is 1.56. The van der Waals surface area contributed by atoms with E-state index in [1.807, 2.05) is 34.0 Å². The molecule has 0 fully saturated rings. The van der Waals surface area contributed by atoms with Crippen LogP contribution in [0.3, 0.4) is 0 Å². The highest BCUT2D eigenvalue weighted by atomic mass is 32.1. The second-order valence-corrected chi connectivity index (χ2v) is 41.9. The summed E-state index contributed by atoms with van der Waals surface area (Å²) in [4.78, 5) is 0. The van der Waals surface area contributed by atoms with Crippen LogP contribution in [0.5, 0.6) is 0 Å². The molecule has 684 valence electrons. The Balaban J connectivity index is 0.0000000999. The molecule has 0 spiro atoms. The molecule has 0 atom stereocenters. The topological polar surface area (TPSA) is 29.6 Å². The van der Waals surface area contributed by atoms with Crippen molar-refractivity contribution in [1.29, 1.82) is 0 Å². The third-order valence-electron chi connectivity index (χ3n) is 30.9. The zero-order valence-corrected chi connectivity index (χ0v) is 81.9. The van der Waals surface area contributed by atoms with Crippen LogP contribution in [0.4, 0.5) is 0 Å². The minimum absolute atomic E-state index is 1.16. The van der Waals surface area contributed by atoms with Gasteiger partial charge in [0.1, 0.15) is 0 Å². The molecule has 9 aromatic heterocycles. The fourth-order valence-electron chi connectivity index (χ4n) is 24.3. The number of nitrogens with zero attached hydrogens (tertiary/aromatic N) is 6. The van der Waals surface area contributed by atoms with Crippen molar-refractivity contribution in [3.8, 4) is 67.5 Å². The Morgan fingerprint density at radius 3 is 0.844 bits per heavy atom. The monoisotopic (exact) mass is 1920 g/mol. The summed E-state index contributed by atoms with van der Waals surface area (Å²) < 4.78 is 22.7. The SMILES string of the molecule is c1ccc(-n2c3ccccc3c3cc4c5c6ccccc6ccc5n(-c5ccc(-c6cccc7c6sc6ccccc67)cc5)c4cc32)cc1.c1ccc(-n2c3ccccc3c3cc4c5cc6ccccc6cc5n(-c5ccc(-c6cccc7c6sc6ccccc67)cc5)c4cc32)cc1.c1ccc(-n2c3ccccc3c3cc4c5ccc6ccccc6c5n(-c5ccc(-c6cccc7c6sc6ccccc67)cc5)c4cc32)cc1. The molecule has 0 unspecified atom stereocenters. The molecule has 0 aliphatic rings. The molecule has 0 radical (unpaired) electrons. The standard InChI is InChI=1S/3C46H28N2S/c1-2-13-32(14-3-1)47-41-19-8-6-15-35(41)39-27-40-38-25-30-11-4-5-12-31(30)26-42(38)48(44(40)28-43(39)47)33-23-21-29(22-24-33)34-17-10-18-37-36-16-7-9-20-45(36)49-46(34)37;1-2-12-31(13-3-1)47-41-19-8-6-15-35(41)39-27-40-37-26-23-29-11-4-5-14-33(29)45(37)48(43(40)28-42(39)47)32-24-21-30(22-25-32)34-17-10-18-38-36-16-7-9-20-44(36)49-46(34)38;1-2-12-31(13-3-1)47-40-19-8-6-15-35(40)38-27-39-43(28-42(38)47)48(41-26-23-29-11-4-5-14-33(29)45(39)41)32-24-21-30(22-25-32)34-17-10-18-37-36-16-7-9-20-44(36)49-46(34)37/h3*1-28H. The highest BCUT2D eigenvalue weighted by Crippen LogP contribution is 2.51. The minimum atomic E-state index is 1.16. The van der Waals surface area contributed by atoms with Gasteiger partial charge in [-0.05, 0) is 224 Å². The summed E-state index contributed by atoms with van der Waals surface area (Å²) in [5.41, 5.74) is 29.1. The van der Waals surface area contributed by atoms with Gasteiger partial charge in [-0.2, -0.15) is 0 Å². The van der Waals surface area contributed by atoms with E-state index in [1.54, 1.807) is 0 Å². The van der Waals surface area contributed by atoms with Crippen molar-refractivity contribution in [3.05, 3.63) is 510 Å². The molecular weight excluding hydrogens is 1840 g/mol. The van der Waals surface area contributed by atoms with Gasteiger partial charge in [0.25, 0.3) is 0 Å². The van der Waals surface area contributed by atoms with E-state index in [4.69, 9.17) is 0 Å². The molecule has 9 heteroatoms. The molecule has 0 saturated heterocycles. The Hall–Kier alpha value is -18.5. The van der Waals surface area contributed by atoms with Crippen LogP contribution in [0.15, 0.2) is 510 Å². The predicted octanol–water partition coefficient (Wildman–Crippen LogP) is 39.2. The van der Waals surface area contributed by atoms with E-state index in [1.165, 1.54) is 274 Å². The quantitative estimate of drug-likeness (QED) is 0.138. The van der Waals surface area contributed by atoms with Crippen molar-refractivity contribution in [2.75, 3.05) is 0 Å². The van der Waals surface area contributed by atoms with Crippen molar-refractivity contribution in [3.63, 3.8) is 0 Å². The lowest BCUT2D eigenvalue weighted by molar-refractivity contribution is 1.16. The second-order valence-electron chi connectivity index (χ2n) is 38.8. The Kier molecular flexibility index (Phi) is 18.7. The highest BCUT2D eigenvalue weighted by molar-refractivity contribution is 7.27. The number of fused-ring (bicyclic) bond motifs is 32. The third-order valence-corrected chi connectivity index (χ3v) is 34.5. The lowest BCUT2D eigenvalue weighted by Crippen LogP contribution is -1.96. The van der Waals surface area contributed by atoms with Gasteiger partial charge in [-0.15, -0.1) is 34.0 Å². The van der Waals surface area contributed by atoms with Crippen LogP contribution in [0.2, 0.25) is 0 Å². The maximum absolute atomic E-state index is 2.49. The summed E-state index contributed by atoms with van der Waals surface area (Å²) in [6.07, 6.45) is 0. The first kappa shape index (κ1) is 83.2. The fraction of sp³-hybridized carbons (Fsp3) is 0. The fourth-order valence-corrected chi connectivity index (χ4v) is 28.0. The Bertz CT molecular complexity index is 11000. The number of thiophene rings is 3. The number of aromatic nitrogens is 6. The molecule has 0 saturated carbocycles. The Morgan fingerprint density at radius 2 is 0.408 bits per heavy atom. The Morgan fingerprint density at radius 1 is 0.129 bits per heavy atom. The average molecular weight is 1920 g/mol. The number of hydrogen-bond donors (Lipinski definition) is 0. The lowest BCUT2D eigenvalue weighted by Gasteiger charge is -2.12. The van der Waals surface area contributed by atoms with Gasteiger partial charge in [-0.1, -0.05) is 346 Å². The van der Waals surface area contributed by atoms with Gasteiger partial charge < -0.3 is 27.4 Å². The first-order chi connectivity index (χ1) is 72.9. The van der Waals surface area contributed by atoms with Crippen LogP contribution in [0.25, 0.3) is 291 Å². The number of hydrogen-bond acceptors (Lipinski definition) is 3. The Labute approximate surface area is 855 Å². The molecule has 0 N–H and O–H groups in total. The van der Waals surface area contributed by atoms with Crippen LogP contribution in [0.1, 0.15) is 0 Å².